The molecule has 6 N–H and O–H groups in total. The number of carbonyl (C=O) groups is 1. The van der Waals surface area contributed by atoms with E-state index in [9.17, 15) is 18.0 Å². The van der Waals surface area contributed by atoms with E-state index in [0.29, 0.717) is 5.56 Å². The molecule has 30 heavy (non-hydrogen) atoms. The molecule has 0 spiro atoms. The fraction of sp³-hybridized carbons (Fsp3) is 0.0526. The fourth-order valence-electron chi connectivity index (χ4n) is 2.49. The highest BCUT2D eigenvalue weighted by atomic mass is 19.4. The Hall–Kier alpha value is -4.33. The molecule has 2 amide bonds. The maximum atomic E-state index is 13.0. The van der Waals surface area contributed by atoms with Crippen molar-refractivity contribution in [1.29, 1.82) is 0 Å². The van der Waals surface area contributed by atoms with E-state index in [0.717, 1.165) is 23.2 Å². The Morgan fingerprint density at radius 3 is 2.33 bits per heavy atom. The zero-order valence-electron chi connectivity index (χ0n) is 15.2. The first-order chi connectivity index (χ1) is 14.2. The standard InChI is InChI=1S/C19H14F3N7O/c20-19(21,22)12-6-7-26-15(9-12)29(18(25)30)13-3-1-2-11(8-13)4-5-14-16(23)27-10-28-17(14)24/h1-3,6-10H,(H2,25,30)(H4,23,24,27,28). The van der Waals surface area contributed by atoms with Crippen LogP contribution >= 0.6 is 0 Å². The lowest BCUT2D eigenvalue weighted by molar-refractivity contribution is -0.137. The number of pyridine rings is 1. The normalized spacial score (nSPS) is 10.8. The van der Waals surface area contributed by atoms with Crippen molar-refractivity contribution >= 4 is 29.2 Å². The Bertz CT molecular complexity index is 1150. The lowest BCUT2D eigenvalue weighted by atomic mass is 10.1. The van der Waals surface area contributed by atoms with E-state index < -0.39 is 17.8 Å². The molecule has 0 aliphatic rings. The number of alkyl halides is 3. The molecule has 0 atom stereocenters. The maximum absolute atomic E-state index is 13.0. The third-order valence-electron chi connectivity index (χ3n) is 3.86. The van der Waals surface area contributed by atoms with Crippen molar-refractivity contribution in [3.8, 4) is 11.8 Å². The number of aromatic nitrogens is 3. The summed E-state index contributed by atoms with van der Waals surface area (Å²) in [7, 11) is 0. The smallest absolute Gasteiger partial charge is 0.382 e. The van der Waals surface area contributed by atoms with E-state index in [4.69, 9.17) is 17.2 Å². The van der Waals surface area contributed by atoms with Gasteiger partial charge in [0.2, 0.25) is 0 Å². The number of benzene rings is 1. The fourth-order valence-corrected chi connectivity index (χ4v) is 2.49. The summed E-state index contributed by atoms with van der Waals surface area (Å²) in [5, 5.41) is 0. The van der Waals surface area contributed by atoms with Crippen molar-refractivity contribution in [2.24, 2.45) is 5.73 Å². The van der Waals surface area contributed by atoms with Gasteiger partial charge >= 0.3 is 12.2 Å². The van der Waals surface area contributed by atoms with Gasteiger partial charge in [-0.05, 0) is 30.3 Å². The summed E-state index contributed by atoms with van der Waals surface area (Å²) in [5.74, 6) is 5.44. The number of halogens is 3. The lowest BCUT2D eigenvalue weighted by Crippen LogP contribution is -2.32. The third-order valence-corrected chi connectivity index (χ3v) is 3.86. The molecule has 0 saturated heterocycles. The monoisotopic (exact) mass is 413 g/mol. The van der Waals surface area contributed by atoms with Gasteiger partial charge in [0.25, 0.3) is 0 Å². The van der Waals surface area contributed by atoms with Crippen molar-refractivity contribution in [2.45, 2.75) is 6.18 Å². The summed E-state index contributed by atoms with van der Waals surface area (Å²) in [6.45, 7) is 0. The Balaban J connectivity index is 2.01. The molecule has 2 aromatic heterocycles. The molecule has 0 bridgehead atoms. The number of nitrogens with zero attached hydrogens (tertiary/aromatic N) is 4. The van der Waals surface area contributed by atoms with Crippen LogP contribution in [0.15, 0.2) is 48.9 Å². The summed E-state index contributed by atoms with van der Waals surface area (Å²) < 4.78 is 39.0. The van der Waals surface area contributed by atoms with Crippen molar-refractivity contribution in [1.82, 2.24) is 15.0 Å². The molecule has 3 aromatic rings. The average Bonchev–Trinajstić information content (AvgIpc) is 2.67. The lowest BCUT2D eigenvalue weighted by Gasteiger charge is -2.20. The van der Waals surface area contributed by atoms with Crippen molar-refractivity contribution < 1.29 is 18.0 Å². The summed E-state index contributed by atoms with van der Waals surface area (Å²) in [5.41, 5.74) is 16.7. The minimum Gasteiger partial charge on any atom is -0.382 e. The Morgan fingerprint density at radius 1 is 1.00 bits per heavy atom. The van der Waals surface area contributed by atoms with E-state index in [1.54, 1.807) is 12.1 Å². The second-order valence-corrected chi connectivity index (χ2v) is 5.89. The SMILES string of the molecule is NC(=O)N(c1cccc(C#Cc2c(N)ncnc2N)c1)c1cc(C(F)(F)F)ccn1. The topological polar surface area (TPSA) is 137 Å². The van der Waals surface area contributed by atoms with Crippen LogP contribution in [0, 0.1) is 11.8 Å². The maximum Gasteiger partial charge on any atom is 0.416 e. The zero-order chi connectivity index (χ0) is 21.9. The van der Waals surface area contributed by atoms with E-state index in [-0.39, 0.29) is 28.7 Å². The molecule has 11 heteroatoms. The van der Waals surface area contributed by atoms with Crippen LogP contribution in [0.5, 0.6) is 0 Å². The molecule has 0 saturated carbocycles. The number of hydrogen-bond donors (Lipinski definition) is 3. The van der Waals surface area contributed by atoms with Crippen LogP contribution < -0.4 is 22.1 Å². The largest absolute Gasteiger partial charge is 0.416 e. The van der Waals surface area contributed by atoms with Gasteiger partial charge in [0.1, 0.15) is 29.3 Å². The van der Waals surface area contributed by atoms with Crippen LogP contribution in [0.25, 0.3) is 0 Å². The summed E-state index contributed by atoms with van der Waals surface area (Å²) in [6.07, 6.45) is -2.46. The second kappa shape index (κ2) is 7.96. The van der Waals surface area contributed by atoms with Gasteiger partial charge in [-0.2, -0.15) is 13.2 Å². The molecular formula is C19H14F3N7O. The first-order valence-corrected chi connectivity index (χ1v) is 8.27. The van der Waals surface area contributed by atoms with Crippen molar-refractivity contribution in [3.05, 3.63) is 65.6 Å². The van der Waals surface area contributed by atoms with Gasteiger partial charge in [-0.15, -0.1) is 0 Å². The molecular weight excluding hydrogens is 399 g/mol. The van der Waals surface area contributed by atoms with Gasteiger partial charge in [-0.25, -0.2) is 24.6 Å². The first kappa shape index (κ1) is 20.4. The van der Waals surface area contributed by atoms with Gasteiger partial charge in [0.15, 0.2) is 0 Å². The number of primary amides is 1. The van der Waals surface area contributed by atoms with Crippen LogP contribution in [0.2, 0.25) is 0 Å². The van der Waals surface area contributed by atoms with Crippen molar-refractivity contribution in [2.75, 3.05) is 16.4 Å². The minimum absolute atomic E-state index is 0.0954. The number of anilines is 4. The van der Waals surface area contributed by atoms with Gasteiger partial charge < -0.3 is 17.2 Å². The molecule has 0 aliphatic carbocycles. The summed E-state index contributed by atoms with van der Waals surface area (Å²) >= 11 is 0. The number of amides is 2. The van der Waals surface area contributed by atoms with Crippen LogP contribution in [0.4, 0.5) is 41.1 Å². The van der Waals surface area contributed by atoms with Crippen molar-refractivity contribution in [3.63, 3.8) is 0 Å². The Labute approximate surface area is 168 Å². The average molecular weight is 413 g/mol. The highest BCUT2D eigenvalue weighted by molar-refractivity contribution is 5.97. The highest BCUT2D eigenvalue weighted by Gasteiger charge is 2.31. The van der Waals surface area contributed by atoms with Crippen LogP contribution in [0.3, 0.4) is 0 Å². The number of rotatable bonds is 2. The quantitative estimate of drug-likeness (QED) is 0.553. The second-order valence-electron chi connectivity index (χ2n) is 5.89. The van der Waals surface area contributed by atoms with Gasteiger partial charge in [-0.3, -0.25) is 0 Å². The first-order valence-electron chi connectivity index (χ1n) is 8.27. The van der Waals surface area contributed by atoms with Crippen LogP contribution in [0.1, 0.15) is 16.7 Å². The molecule has 2 heterocycles. The summed E-state index contributed by atoms with van der Waals surface area (Å²) in [4.78, 5) is 24.3. The molecule has 1 aromatic carbocycles. The van der Waals surface area contributed by atoms with E-state index >= 15 is 0 Å². The molecule has 0 fully saturated rings. The third kappa shape index (κ3) is 4.39. The number of hydrogen-bond acceptors (Lipinski definition) is 6. The number of nitrogen functional groups attached to an aromatic ring is 2. The number of urea groups is 1. The molecule has 0 aliphatic heterocycles. The molecule has 0 unspecified atom stereocenters. The van der Waals surface area contributed by atoms with Gasteiger partial charge in [0.05, 0.1) is 11.3 Å². The molecule has 0 radical (unpaired) electrons. The van der Waals surface area contributed by atoms with E-state index in [2.05, 4.69) is 26.8 Å². The van der Waals surface area contributed by atoms with Crippen LogP contribution in [-0.2, 0) is 6.18 Å². The van der Waals surface area contributed by atoms with Gasteiger partial charge in [-0.1, -0.05) is 17.9 Å². The molecule has 3 rings (SSSR count). The number of carbonyl (C=O) groups excluding carboxylic acids is 1. The predicted molar refractivity (Wildman–Crippen MR) is 104 cm³/mol. The van der Waals surface area contributed by atoms with E-state index in [1.165, 1.54) is 18.5 Å². The van der Waals surface area contributed by atoms with Crippen LogP contribution in [-0.4, -0.2) is 21.0 Å². The van der Waals surface area contributed by atoms with Gasteiger partial charge in [0, 0.05) is 11.8 Å². The molecule has 152 valence electrons. The summed E-state index contributed by atoms with van der Waals surface area (Å²) in [6, 6.07) is 6.61. The Morgan fingerprint density at radius 2 is 1.70 bits per heavy atom. The number of nitrogens with two attached hydrogens (primary N) is 3. The zero-order valence-corrected chi connectivity index (χ0v) is 15.2. The molecule has 8 nitrogen and oxygen atoms in total. The predicted octanol–water partition coefficient (Wildman–Crippen LogP) is 2.67. The minimum atomic E-state index is -4.61. The highest BCUT2D eigenvalue weighted by Crippen LogP contribution is 2.32. The Kier molecular flexibility index (Phi) is 5.41. The van der Waals surface area contributed by atoms with E-state index in [1.807, 2.05) is 0 Å².